The summed E-state index contributed by atoms with van der Waals surface area (Å²) in [6, 6.07) is 17.8. The van der Waals surface area contributed by atoms with E-state index in [9.17, 15) is 63.6 Å². The van der Waals surface area contributed by atoms with E-state index < -0.39 is 117 Å². The van der Waals surface area contributed by atoms with Gasteiger partial charge in [-0.2, -0.15) is 30.1 Å². The van der Waals surface area contributed by atoms with E-state index in [4.69, 9.17) is 53.5 Å². The number of carbonyl (C=O) groups excluding carboxylic acids is 2. The van der Waals surface area contributed by atoms with Gasteiger partial charge in [0.15, 0.2) is 46.1 Å². The predicted octanol–water partition coefficient (Wildman–Crippen LogP) is 6.48. The van der Waals surface area contributed by atoms with Crippen molar-refractivity contribution in [2.75, 3.05) is 38.9 Å². The van der Waals surface area contributed by atoms with E-state index >= 15 is 4.39 Å². The first-order valence-electron chi connectivity index (χ1n) is 28.2. The summed E-state index contributed by atoms with van der Waals surface area (Å²) in [6.45, 7) is 12.4. The number of nitro groups is 2. The van der Waals surface area contributed by atoms with Gasteiger partial charge in [0.25, 0.3) is 11.4 Å². The van der Waals surface area contributed by atoms with Crippen molar-refractivity contribution < 1.29 is 137 Å². The standard InChI is InChI=1S/C24H32FN6O8P.C12H16FN5O4.C12H18NO5P.C7H6N2O4.CH4.Ar/c1-13(2)37-21(33)14(3)30-40(34,39-15-9-7-6-8-10-15)36-11-16-18(32)24(4,25)22(38-16)31-12-27-17-19(31)28-23(26)29-20(17)35-5;1-12(13)7(20)5(3-19)22-10(12)18-4-15-6-8(18)16-11(14)17-9(6)21-2;1-9(2)17-12(14)10(3)13-19(15,16)18-11-7-5-4-6-8-11;1-5-2-3-6(8(10)11)4-7(5)9(12)13;;/h6-10,12-14,16,18,22,32H,11H2,1-5H3,(H,30,34)(H2,26,28,29);4-5,7,10,19-20H,3H2,1-2H3,(H2,14,16,17);4-10H,1-3H3,(H2,13,15,16);2-4H,1H3;1H4;/t14-,16+,18+,22+,24+,40-;5-,7-,10-,12-;10-;;;/m010.../s1. The Hall–Kier alpha value is -7.48. The van der Waals surface area contributed by atoms with Gasteiger partial charge in [0, 0.05) is 49.4 Å². The van der Waals surface area contributed by atoms with Crippen LogP contribution in [0.25, 0.3) is 22.3 Å². The molecule has 12 atom stereocenters. The minimum Gasteiger partial charge on any atom is -0.479 e. The van der Waals surface area contributed by atoms with Crippen LogP contribution < -0.4 is 40.2 Å². The van der Waals surface area contributed by atoms with Gasteiger partial charge < -0.3 is 69.1 Å². The fraction of sp³-hybridized carbons (Fsp3) is 0.464. The number of carbonyl (C=O) groups is 2. The Morgan fingerprint density at radius 2 is 1.14 bits per heavy atom. The van der Waals surface area contributed by atoms with Gasteiger partial charge >= 0.3 is 27.4 Å². The molecule has 35 nitrogen and oxygen atoms in total. The Balaban J connectivity index is 0.000000296. The molecule has 40 heteroatoms. The van der Waals surface area contributed by atoms with Crippen LogP contribution in [-0.2, 0) is 42.2 Å². The van der Waals surface area contributed by atoms with Crippen LogP contribution in [0.4, 0.5) is 32.1 Å². The first kappa shape index (κ1) is 81.0. The Morgan fingerprint density at radius 1 is 0.708 bits per heavy atom. The summed E-state index contributed by atoms with van der Waals surface area (Å²) in [7, 11) is -5.64. The number of aliphatic hydroxyl groups is 3. The normalized spacial score (nSPS) is 22.1. The number of nitrogen functional groups attached to an aromatic ring is 2. The maximum atomic E-state index is 15.9. The maximum absolute atomic E-state index is 15.9. The second kappa shape index (κ2) is 34.6. The Labute approximate surface area is 578 Å². The number of aromatic nitrogens is 8. The zero-order valence-corrected chi connectivity index (χ0v) is 55.2. The van der Waals surface area contributed by atoms with E-state index in [1.54, 1.807) is 76.2 Å². The van der Waals surface area contributed by atoms with Gasteiger partial charge in [0.05, 0.1) is 68.2 Å². The number of halogens is 2. The molecule has 96 heavy (non-hydrogen) atoms. The van der Waals surface area contributed by atoms with E-state index in [0.717, 1.165) is 13.0 Å². The Morgan fingerprint density at radius 3 is 1.54 bits per heavy atom. The van der Waals surface area contributed by atoms with Crippen LogP contribution in [0.1, 0.15) is 80.8 Å². The van der Waals surface area contributed by atoms with Crippen molar-refractivity contribution in [1.29, 1.82) is 0 Å². The van der Waals surface area contributed by atoms with E-state index in [1.807, 2.05) is 0 Å². The van der Waals surface area contributed by atoms with Crippen LogP contribution in [0.3, 0.4) is 0 Å². The number of nitrogens with two attached hydrogens (primary N) is 2. The van der Waals surface area contributed by atoms with E-state index in [-0.39, 0.29) is 120 Å². The molecule has 2 saturated heterocycles. The van der Waals surface area contributed by atoms with Crippen molar-refractivity contribution in [3.05, 3.63) is 117 Å². The number of aryl methyl sites for hydroxylation is 1. The van der Waals surface area contributed by atoms with Crippen molar-refractivity contribution in [1.82, 2.24) is 49.2 Å². The number of nitrogens with zero attached hydrogens (tertiary/aromatic N) is 10. The molecule has 2 aliphatic heterocycles. The number of aliphatic hydroxyl groups excluding tert-OH is 3. The van der Waals surface area contributed by atoms with Gasteiger partial charge in [0.1, 0.15) is 48.0 Å². The molecule has 9 rings (SSSR count). The minimum absolute atomic E-state index is 0. The number of rotatable bonds is 22. The molecule has 7 aromatic rings. The summed E-state index contributed by atoms with van der Waals surface area (Å²) in [4.78, 5) is 77.1. The SMILES string of the molecule is C.CC(C)OC(=O)[C@H](C)NP(=O)(O)Oc1ccccc1.COc1nc(N)nc2c1ncn2[C@@H]1O[C@H](CO)[C@@H](O)[C@@]1(C)F.COc1nc(N)nc2c1ncn2[C@@H]1O[C@H](CO[P@@](=O)(N[C@@H](C)C(=O)OC(C)C)Oc2ccccc2)[C@@H](O)[C@@]1(C)F.Cc1ccc([N+](=O)[O-])cc1[N+](=O)[O-].[Ar]. The van der Waals surface area contributed by atoms with E-state index in [1.165, 1.54) is 88.0 Å². The van der Waals surface area contributed by atoms with Crippen LogP contribution >= 0.6 is 15.5 Å². The van der Waals surface area contributed by atoms with Crippen molar-refractivity contribution >= 4 is 73.0 Å². The first-order valence-corrected chi connectivity index (χ1v) is 31.3. The van der Waals surface area contributed by atoms with E-state index in [0.29, 0.717) is 5.56 Å². The van der Waals surface area contributed by atoms with Crippen molar-refractivity contribution in [3.8, 4) is 23.3 Å². The van der Waals surface area contributed by atoms with Gasteiger partial charge in [-0.1, -0.05) is 43.8 Å². The quantitative estimate of drug-likeness (QED) is 0.0156. The number of imidazole rings is 2. The summed E-state index contributed by atoms with van der Waals surface area (Å²) >= 11 is 0. The molecule has 2 aliphatic rings. The molecule has 2 fully saturated rings. The predicted molar refractivity (Wildman–Crippen MR) is 335 cm³/mol. The van der Waals surface area contributed by atoms with Gasteiger partial charge in [-0.25, -0.2) is 27.9 Å². The number of hydrogen-bond acceptors (Lipinski definition) is 28. The number of nitrogens with one attached hydrogen (secondary N) is 2. The molecule has 528 valence electrons. The monoisotopic (exact) mass is 1420 g/mol. The molecule has 0 saturated carbocycles. The fourth-order valence-electron chi connectivity index (χ4n) is 8.85. The smallest absolute Gasteiger partial charge is 0.459 e. The van der Waals surface area contributed by atoms with Crippen LogP contribution in [0.2, 0.25) is 0 Å². The number of nitro benzene ring substituents is 2. The second-order valence-corrected chi connectivity index (χ2v) is 24.7. The number of fused-ring (bicyclic) bond motifs is 2. The van der Waals surface area contributed by atoms with Crippen LogP contribution in [0.15, 0.2) is 91.5 Å². The largest absolute Gasteiger partial charge is 0.479 e. The molecule has 10 N–H and O–H groups in total. The molecule has 0 amide bonds. The number of anilines is 2. The molecule has 6 heterocycles. The summed E-state index contributed by atoms with van der Waals surface area (Å²) in [5.41, 5.74) is 7.59. The molecule has 0 bridgehead atoms. The molecule has 1 unspecified atom stereocenters. The second-order valence-electron chi connectivity index (χ2n) is 21.5. The van der Waals surface area contributed by atoms with Crippen LogP contribution in [0, 0.1) is 64.9 Å². The third-order valence-electron chi connectivity index (χ3n) is 13.4. The zero-order chi connectivity index (χ0) is 69.8. The Kier molecular flexibility index (Phi) is 29.2. The average Bonchev–Trinajstić information content (AvgIpc) is 1.60. The number of esters is 2. The summed E-state index contributed by atoms with van der Waals surface area (Å²) in [6.07, 6.45) is -6.36. The summed E-state index contributed by atoms with van der Waals surface area (Å²) in [5.74, 6) is -0.849. The average molecular weight is 1420 g/mol. The summed E-state index contributed by atoms with van der Waals surface area (Å²) in [5, 5.41) is 55.4. The van der Waals surface area contributed by atoms with E-state index in [2.05, 4.69) is 40.1 Å². The molecule has 0 radical (unpaired) electrons. The third kappa shape index (κ3) is 20.5. The van der Waals surface area contributed by atoms with Crippen LogP contribution in [-0.4, -0.2) is 169 Å². The fourth-order valence-corrected chi connectivity index (χ4v) is 11.4. The summed E-state index contributed by atoms with van der Waals surface area (Å²) < 4.78 is 107. The molecule has 0 aliphatic carbocycles. The number of non-ortho nitro benzene ring substituents is 1. The van der Waals surface area contributed by atoms with Crippen molar-refractivity contribution in [3.63, 3.8) is 0 Å². The van der Waals surface area contributed by atoms with Crippen molar-refractivity contribution in [2.45, 2.75) is 142 Å². The van der Waals surface area contributed by atoms with Gasteiger partial charge in [-0.15, -0.1) is 0 Å². The molecule has 3 aromatic carbocycles. The molecular weight excluding hydrogens is 1340 g/mol. The minimum atomic E-state index is -4.29. The third-order valence-corrected chi connectivity index (χ3v) is 16.2. The number of benzene rings is 3. The zero-order valence-electron chi connectivity index (χ0n) is 52.7. The molecular formula is C56H76ArF2N14O21P2. The van der Waals surface area contributed by atoms with Gasteiger partial charge in [-0.05, 0) is 92.6 Å². The number of hydrogen-bond donors (Lipinski definition) is 8. The molecule has 4 aromatic heterocycles. The van der Waals surface area contributed by atoms with Crippen LogP contribution in [0.5, 0.6) is 23.3 Å². The maximum Gasteiger partial charge on any atom is 0.459 e. The molecule has 0 spiro atoms. The number of alkyl halides is 2. The number of methoxy groups -OCH3 is 2. The first-order chi connectivity index (χ1) is 44.1. The van der Waals surface area contributed by atoms with Gasteiger partial charge in [0.2, 0.25) is 23.7 Å². The topological polar surface area (TPSA) is 482 Å². The van der Waals surface area contributed by atoms with Crippen molar-refractivity contribution in [2.24, 2.45) is 0 Å². The number of ether oxygens (including phenoxy) is 6. The van der Waals surface area contributed by atoms with Gasteiger partial charge in [-0.3, -0.25) is 43.5 Å². The Bertz CT molecular complexity index is 3870. The number of para-hydroxylation sites is 2.